The van der Waals surface area contributed by atoms with Gasteiger partial charge in [-0.1, -0.05) is 18.2 Å². The van der Waals surface area contributed by atoms with Gasteiger partial charge in [-0.25, -0.2) is 5.10 Å². The molecule has 1 aromatic heterocycles. The monoisotopic (exact) mass is 306 g/mol. The number of carbonyl (C=O) groups excluding carboxylic acids is 1. The number of carbonyl (C=O) groups is 1. The molecule has 0 unspecified atom stereocenters. The van der Waals surface area contributed by atoms with Gasteiger partial charge in [0, 0.05) is 11.3 Å². The number of benzene rings is 1. The maximum atomic E-state index is 11.7. The van der Waals surface area contributed by atoms with Gasteiger partial charge in [-0.3, -0.25) is 10.1 Å². The summed E-state index contributed by atoms with van der Waals surface area (Å²) >= 11 is 1.74. The first-order valence-corrected chi connectivity index (χ1v) is 7.79. The fourth-order valence-electron chi connectivity index (χ4n) is 1.63. The Morgan fingerprint density at radius 1 is 1.38 bits per heavy atom. The van der Waals surface area contributed by atoms with Gasteiger partial charge < -0.3 is 4.74 Å². The van der Waals surface area contributed by atoms with Crippen LogP contribution >= 0.6 is 11.8 Å². The standard InChI is InChI=1S/C14H18N4O2S/c1-2-20-14-16-13(17-18-14)15-12(19)9-6-10-21-11-7-4-3-5-8-11/h3-5,7-8H,2,6,9-10H2,1H3,(H2,15,16,17,18,19). The molecular weight excluding hydrogens is 288 g/mol. The molecule has 1 aromatic carbocycles. The molecule has 0 fully saturated rings. The zero-order valence-corrected chi connectivity index (χ0v) is 12.7. The minimum atomic E-state index is -0.0807. The molecule has 1 amide bonds. The zero-order chi connectivity index (χ0) is 14.9. The Kier molecular flexibility index (Phi) is 6.08. The Bertz CT molecular complexity index is 559. The summed E-state index contributed by atoms with van der Waals surface area (Å²) in [5, 5.41) is 9.09. The molecule has 2 N–H and O–H groups in total. The molecule has 2 aromatic rings. The summed E-state index contributed by atoms with van der Waals surface area (Å²) < 4.78 is 5.11. The van der Waals surface area contributed by atoms with E-state index in [0.29, 0.717) is 19.0 Å². The molecule has 21 heavy (non-hydrogen) atoms. The van der Waals surface area contributed by atoms with Crippen LogP contribution in [0.4, 0.5) is 5.95 Å². The van der Waals surface area contributed by atoms with E-state index in [-0.39, 0.29) is 11.9 Å². The average Bonchev–Trinajstić information content (AvgIpc) is 2.92. The Morgan fingerprint density at radius 2 is 2.19 bits per heavy atom. The molecule has 0 aliphatic carbocycles. The van der Waals surface area contributed by atoms with Gasteiger partial charge in [0.05, 0.1) is 6.61 Å². The van der Waals surface area contributed by atoms with Gasteiger partial charge in [-0.2, -0.15) is 4.98 Å². The summed E-state index contributed by atoms with van der Waals surface area (Å²) in [4.78, 5) is 16.9. The van der Waals surface area contributed by atoms with Gasteiger partial charge >= 0.3 is 6.01 Å². The van der Waals surface area contributed by atoms with Crippen LogP contribution in [0.15, 0.2) is 35.2 Å². The normalized spacial score (nSPS) is 10.3. The Balaban J connectivity index is 1.65. The van der Waals surface area contributed by atoms with Gasteiger partial charge in [0.2, 0.25) is 11.9 Å². The largest absolute Gasteiger partial charge is 0.463 e. The first-order valence-electron chi connectivity index (χ1n) is 6.81. The lowest BCUT2D eigenvalue weighted by molar-refractivity contribution is -0.116. The molecule has 0 atom stereocenters. The highest BCUT2D eigenvalue weighted by Gasteiger charge is 2.07. The number of amides is 1. The van der Waals surface area contributed by atoms with Crippen molar-refractivity contribution in [2.75, 3.05) is 17.7 Å². The second-order valence-corrected chi connectivity index (χ2v) is 5.38. The van der Waals surface area contributed by atoms with Crippen LogP contribution in [0.5, 0.6) is 6.01 Å². The molecule has 0 saturated carbocycles. The Labute approximate surface area is 127 Å². The second-order valence-electron chi connectivity index (χ2n) is 4.21. The number of thioether (sulfide) groups is 1. The minimum Gasteiger partial charge on any atom is -0.463 e. The summed E-state index contributed by atoms with van der Waals surface area (Å²) in [7, 11) is 0. The third kappa shape index (κ3) is 5.47. The number of nitrogens with one attached hydrogen (secondary N) is 2. The quantitative estimate of drug-likeness (QED) is 0.579. The number of aromatic nitrogens is 3. The Hall–Kier alpha value is -2.02. The van der Waals surface area contributed by atoms with Crippen molar-refractivity contribution in [3.05, 3.63) is 30.3 Å². The van der Waals surface area contributed by atoms with Crippen LogP contribution in [-0.2, 0) is 4.79 Å². The van der Waals surface area contributed by atoms with Crippen molar-refractivity contribution in [1.82, 2.24) is 15.2 Å². The predicted molar refractivity (Wildman–Crippen MR) is 82.6 cm³/mol. The molecule has 2 rings (SSSR count). The summed E-state index contributed by atoms with van der Waals surface area (Å²) in [5.41, 5.74) is 0. The second kappa shape index (κ2) is 8.31. The van der Waals surface area contributed by atoms with E-state index in [1.165, 1.54) is 4.90 Å². The number of nitrogens with zero attached hydrogens (tertiary/aromatic N) is 2. The van der Waals surface area contributed by atoms with Crippen LogP contribution in [0.3, 0.4) is 0 Å². The topological polar surface area (TPSA) is 79.9 Å². The highest BCUT2D eigenvalue weighted by Crippen LogP contribution is 2.18. The molecule has 6 nitrogen and oxygen atoms in total. The van der Waals surface area contributed by atoms with Gasteiger partial charge in [-0.15, -0.1) is 16.9 Å². The van der Waals surface area contributed by atoms with Crippen molar-refractivity contribution in [2.24, 2.45) is 0 Å². The van der Waals surface area contributed by atoms with Crippen LogP contribution in [0.2, 0.25) is 0 Å². The smallest absolute Gasteiger partial charge is 0.337 e. The summed E-state index contributed by atoms with van der Waals surface area (Å²) in [6.45, 7) is 2.33. The van der Waals surface area contributed by atoms with Crippen molar-refractivity contribution in [3.8, 4) is 6.01 Å². The molecule has 0 radical (unpaired) electrons. The number of aromatic amines is 1. The number of hydrogen-bond donors (Lipinski definition) is 2. The molecule has 0 saturated heterocycles. The van der Waals surface area contributed by atoms with E-state index in [4.69, 9.17) is 4.74 Å². The fourth-order valence-corrected chi connectivity index (χ4v) is 2.50. The van der Waals surface area contributed by atoms with E-state index < -0.39 is 0 Å². The van der Waals surface area contributed by atoms with Crippen molar-refractivity contribution < 1.29 is 9.53 Å². The lowest BCUT2D eigenvalue weighted by Crippen LogP contribution is -2.12. The predicted octanol–water partition coefficient (Wildman–Crippen LogP) is 2.71. The first kappa shape index (κ1) is 15.4. The molecule has 0 aliphatic rings. The number of hydrogen-bond acceptors (Lipinski definition) is 5. The van der Waals surface area contributed by atoms with E-state index in [9.17, 15) is 4.79 Å². The van der Waals surface area contributed by atoms with Crippen LogP contribution in [0.1, 0.15) is 19.8 Å². The van der Waals surface area contributed by atoms with Gasteiger partial charge in [-0.05, 0) is 31.2 Å². The number of anilines is 1. The van der Waals surface area contributed by atoms with Crippen molar-refractivity contribution >= 4 is 23.6 Å². The minimum absolute atomic E-state index is 0.0807. The van der Waals surface area contributed by atoms with Crippen molar-refractivity contribution in [3.63, 3.8) is 0 Å². The van der Waals surface area contributed by atoms with Gasteiger partial charge in [0.15, 0.2) is 0 Å². The molecule has 112 valence electrons. The number of rotatable bonds is 8. The number of ether oxygens (including phenoxy) is 1. The zero-order valence-electron chi connectivity index (χ0n) is 11.8. The maximum absolute atomic E-state index is 11.7. The third-order valence-electron chi connectivity index (χ3n) is 2.56. The molecular formula is C14H18N4O2S. The van der Waals surface area contributed by atoms with Crippen LogP contribution in [0, 0.1) is 0 Å². The lowest BCUT2D eigenvalue weighted by Gasteiger charge is -2.02. The lowest BCUT2D eigenvalue weighted by atomic mass is 10.3. The van der Waals surface area contributed by atoms with E-state index in [1.54, 1.807) is 11.8 Å². The molecule has 1 heterocycles. The maximum Gasteiger partial charge on any atom is 0.337 e. The molecule has 0 bridgehead atoms. The number of H-pyrrole nitrogens is 1. The third-order valence-corrected chi connectivity index (χ3v) is 3.65. The van der Waals surface area contributed by atoms with Gasteiger partial charge in [0.1, 0.15) is 0 Å². The summed E-state index contributed by atoms with van der Waals surface area (Å²) in [6.07, 6.45) is 1.25. The molecule has 0 aliphatic heterocycles. The van der Waals surface area contributed by atoms with Crippen molar-refractivity contribution in [1.29, 1.82) is 0 Å². The van der Waals surface area contributed by atoms with Crippen LogP contribution in [-0.4, -0.2) is 33.4 Å². The highest BCUT2D eigenvalue weighted by atomic mass is 32.2. The van der Waals surface area contributed by atoms with Gasteiger partial charge in [0.25, 0.3) is 0 Å². The highest BCUT2D eigenvalue weighted by molar-refractivity contribution is 7.99. The van der Waals surface area contributed by atoms with Crippen molar-refractivity contribution in [2.45, 2.75) is 24.7 Å². The molecule has 7 heteroatoms. The molecule has 0 spiro atoms. The Morgan fingerprint density at radius 3 is 2.95 bits per heavy atom. The SMILES string of the molecule is CCOc1n[nH]c(NC(=O)CCCSc2ccccc2)n1. The first-order chi connectivity index (χ1) is 10.3. The van der Waals surface area contributed by atoms with Crippen LogP contribution < -0.4 is 10.1 Å². The van der Waals surface area contributed by atoms with E-state index in [1.807, 2.05) is 25.1 Å². The summed E-state index contributed by atoms with van der Waals surface area (Å²) in [5.74, 6) is 1.14. The van der Waals surface area contributed by atoms with E-state index in [0.717, 1.165) is 12.2 Å². The van der Waals surface area contributed by atoms with Crippen LogP contribution in [0.25, 0.3) is 0 Å². The summed E-state index contributed by atoms with van der Waals surface area (Å²) in [6, 6.07) is 10.4. The van der Waals surface area contributed by atoms with E-state index >= 15 is 0 Å². The average molecular weight is 306 g/mol. The van der Waals surface area contributed by atoms with E-state index in [2.05, 4.69) is 32.6 Å². The fraction of sp³-hybridized carbons (Fsp3) is 0.357.